The van der Waals surface area contributed by atoms with Crippen molar-refractivity contribution in [3.63, 3.8) is 0 Å². The molecule has 3 aliphatic heterocycles. The molecular formula is C29H40N4O7. The van der Waals surface area contributed by atoms with Crippen molar-refractivity contribution in [1.29, 1.82) is 0 Å². The highest BCUT2D eigenvalue weighted by atomic mass is 16.6. The summed E-state index contributed by atoms with van der Waals surface area (Å²) in [6, 6.07) is 7.64. The van der Waals surface area contributed by atoms with Crippen molar-refractivity contribution in [2.45, 2.75) is 95.7 Å². The van der Waals surface area contributed by atoms with E-state index in [1.54, 1.807) is 4.90 Å². The Morgan fingerprint density at radius 2 is 1.77 bits per heavy atom. The van der Waals surface area contributed by atoms with Crippen molar-refractivity contribution < 1.29 is 33.4 Å². The van der Waals surface area contributed by atoms with Crippen LogP contribution in [0.3, 0.4) is 0 Å². The maximum Gasteiger partial charge on any atom is 0.410 e. The molecule has 40 heavy (non-hydrogen) atoms. The Morgan fingerprint density at radius 3 is 2.38 bits per heavy atom. The number of alkyl carbamates (subject to hydrolysis) is 1. The predicted octanol–water partition coefficient (Wildman–Crippen LogP) is 2.67. The SMILES string of the molecule is CC(C)C[C@H](NC(=O)OC1CC2CCC(C1)N2C(=O)OCc1ccccc1)C(=O)N[C@H](C=O)C[C@@H]1CCNC1=O. The second kappa shape index (κ2) is 13.6. The lowest BCUT2D eigenvalue weighted by Gasteiger charge is -2.37. The fourth-order valence-electron chi connectivity index (χ4n) is 5.95. The van der Waals surface area contributed by atoms with Crippen LogP contribution in [0.2, 0.25) is 0 Å². The molecule has 3 aliphatic rings. The third-order valence-corrected chi connectivity index (χ3v) is 7.89. The number of hydrogen-bond donors (Lipinski definition) is 3. The molecule has 0 aromatic heterocycles. The second-order valence-corrected chi connectivity index (χ2v) is 11.4. The monoisotopic (exact) mass is 556 g/mol. The Morgan fingerprint density at radius 1 is 1.07 bits per heavy atom. The highest BCUT2D eigenvalue weighted by molar-refractivity contribution is 5.88. The average molecular weight is 557 g/mol. The van der Waals surface area contributed by atoms with Gasteiger partial charge < -0.3 is 35.1 Å². The van der Waals surface area contributed by atoms with Crippen LogP contribution in [0.4, 0.5) is 9.59 Å². The summed E-state index contributed by atoms with van der Waals surface area (Å²) < 4.78 is 11.3. The summed E-state index contributed by atoms with van der Waals surface area (Å²) in [6.45, 7) is 4.62. The van der Waals surface area contributed by atoms with Gasteiger partial charge in [0.1, 0.15) is 25.0 Å². The van der Waals surface area contributed by atoms with E-state index in [0.29, 0.717) is 38.5 Å². The molecule has 218 valence electrons. The Labute approximate surface area is 234 Å². The molecule has 0 aliphatic carbocycles. The van der Waals surface area contributed by atoms with Crippen LogP contribution in [-0.2, 0) is 30.5 Å². The summed E-state index contributed by atoms with van der Waals surface area (Å²) in [5.74, 6) is -0.843. The van der Waals surface area contributed by atoms with Gasteiger partial charge in [-0.25, -0.2) is 9.59 Å². The molecule has 1 aromatic rings. The van der Waals surface area contributed by atoms with Crippen LogP contribution in [0, 0.1) is 11.8 Å². The van der Waals surface area contributed by atoms with Gasteiger partial charge in [0, 0.05) is 37.4 Å². The Bertz CT molecular complexity index is 1050. The van der Waals surface area contributed by atoms with E-state index < -0.39 is 24.1 Å². The lowest BCUT2D eigenvalue weighted by Crippen LogP contribution is -2.53. The summed E-state index contributed by atoms with van der Waals surface area (Å²) in [5.41, 5.74) is 0.918. The summed E-state index contributed by atoms with van der Waals surface area (Å²) in [5, 5.41) is 8.08. The number of carbonyl (C=O) groups is 5. The molecule has 1 aromatic carbocycles. The first-order chi connectivity index (χ1) is 19.2. The topological polar surface area (TPSA) is 143 Å². The minimum absolute atomic E-state index is 0.0734. The molecule has 4 amide bonds. The van der Waals surface area contributed by atoms with Gasteiger partial charge in [-0.15, -0.1) is 0 Å². The maximum atomic E-state index is 13.0. The van der Waals surface area contributed by atoms with E-state index in [2.05, 4.69) is 16.0 Å². The van der Waals surface area contributed by atoms with Gasteiger partial charge in [0.05, 0.1) is 6.04 Å². The Balaban J connectivity index is 1.27. The minimum atomic E-state index is -0.892. The normalized spacial score (nSPS) is 25.1. The van der Waals surface area contributed by atoms with E-state index in [9.17, 15) is 24.0 Å². The summed E-state index contributed by atoms with van der Waals surface area (Å²) in [4.78, 5) is 64.0. The first-order valence-corrected chi connectivity index (χ1v) is 14.2. The van der Waals surface area contributed by atoms with Crippen molar-refractivity contribution in [2.24, 2.45) is 11.8 Å². The molecule has 2 bridgehead atoms. The van der Waals surface area contributed by atoms with Gasteiger partial charge >= 0.3 is 12.2 Å². The number of benzene rings is 1. The first-order valence-electron chi connectivity index (χ1n) is 14.2. The maximum absolute atomic E-state index is 13.0. The lowest BCUT2D eigenvalue weighted by atomic mass is 9.98. The van der Waals surface area contributed by atoms with Crippen LogP contribution in [0.1, 0.15) is 64.4 Å². The van der Waals surface area contributed by atoms with Gasteiger partial charge in [-0.1, -0.05) is 44.2 Å². The van der Waals surface area contributed by atoms with Crippen molar-refractivity contribution in [2.75, 3.05) is 6.54 Å². The van der Waals surface area contributed by atoms with E-state index in [0.717, 1.165) is 18.4 Å². The molecule has 0 radical (unpaired) electrons. The largest absolute Gasteiger partial charge is 0.446 e. The quantitative estimate of drug-likeness (QED) is 0.356. The van der Waals surface area contributed by atoms with E-state index in [-0.39, 0.29) is 55.1 Å². The van der Waals surface area contributed by atoms with Crippen molar-refractivity contribution in [1.82, 2.24) is 20.9 Å². The van der Waals surface area contributed by atoms with Crippen LogP contribution >= 0.6 is 0 Å². The number of piperidine rings is 1. The molecule has 5 atom stereocenters. The van der Waals surface area contributed by atoms with Crippen molar-refractivity contribution in [3.05, 3.63) is 35.9 Å². The van der Waals surface area contributed by atoms with Crippen LogP contribution in [-0.4, -0.2) is 72.0 Å². The number of rotatable bonds is 11. The molecule has 3 N–H and O–H groups in total. The van der Waals surface area contributed by atoms with Crippen LogP contribution in [0.15, 0.2) is 30.3 Å². The summed E-state index contributed by atoms with van der Waals surface area (Å²) in [7, 11) is 0. The predicted molar refractivity (Wildman–Crippen MR) is 145 cm³/mol. The number of fused-ring (bicyclic) bond motifs is 2. The Hall–Kier alpha value is -3.63. The fraction of sp³-hybridized carbons (Fsp3) is 0.621. The zero-order chi connectivity index (χ0) is 28.6. The highest BCUT2D eigenvalue weighted by Gasteiger charge is 2.45. The number of nitrogens with zero attached hydrogens (tertiary/aromatic N) is 1. The molecular weight excluding hydrogens is 516 g/mol. The van der Waals surface area contributed by atoms with Gasteiger partial charge in [0.2, 0.25) is 11.8 Å². The van der Waals surface area contributed by atoms with Crippen molar-refractivity contribution in [3.8, 4) is 0 Å². The van der Waals surface area contributed by atoms with Gasteiger partial charge in [0.25, 0.3) is 0 Å². The molecule has 11 heteroatoms. The molecule has 0 spiro atoms. The number of nitrogens with one attached hydrogen (secondary N) is 3. The number of ether oxygens (including phenoxy) is 2. The van der Waals surface area contributed by atoms with Crippen LogP contribution in [0.5, 0.6) is 0 Å². The van der Waals surface area contributed by atoms with E-state index in [1.807, 2.05) is 44.2 Å². The molecule has 4 rings (SSSR count). The van der Waals surface area contributed by atoms with Gasteiger partial charge in [-0.2, -0.15) is 0 Å². The highest BCUT2D eigenvalue weighted by Crippen LogP contribution is 2.37. The zero-order valence-electron chi connectivity index (χ0n) is 23.2. The third kappa shape index (κ3) is 7.73. The van der Waals surface area contributed by atoms with E-state index >= 15 is 0 Å². The second-order valence-electron chi connectivity index (χ2n) is 11.4. The molecule has 3 heterocycles. The van der Waals surface area contributed by atoms with Gasteiger partial charge in [-0.3, -0.25) is 9.59 Å². The number of amides is 4. The number of hydrogen-bond acceptors (Lipinski definition) is 7. The van der Waals surface area contributed by atoms with Gasteiger partial charge in [0.15, 0.2) is 0 Å². The van der Waals surface area contributed by atoms with Crippen molar-refractivity contribution >= 4 is 30.3 Å². The standard InChI is InChI=1S/C29H40N4O7/c1-18(2)12-25(27(36)31-21(16-34)13-20-10-11-30-26(20)35)32-28(37)40-24-14-22-8-9-23(15-24)33(22)29(38)39-17-19-6-4-3-5-7-19/h3-7,16,18,20-25H,8-15,17H2,1-2H3,(H,30,35)(H,31,36)(H,32,37)/t20-,21-,22?,23?,24?,25-/m0/s1. The molecule has 2 unspecified atom stereocenters. The molecule has 3 fully saturated rings. The van der Waals surface area contributed by atoms with Gasteiger partial charge in [-0.05, 0) is 43.6 Å². The van der Waals surface area contributed by atoms with Crippen LogP contribution in [0.25, 0.3) is 0 Å². The summed E-state index contributed by atoms with van der Waals surface area (Å²) in [6.07, 6.45) is 3.01. The molecule has 0 saturated carbocycles. The first kappa shape index (κ1) is 29.4. The third-order valence-electron chi connectivity index (χ3n) is 7.89. The molecule has 11 nitrogen and oxygen atoms in total. The number of aldehydes is 1. The van der Waals surface area contributed by atoms with E-state index in [4.69, 9.17) is 9.47 Å². The smallest absolute Gasteiger partial charge is 0.410 e. The zero-order valence-corrected chi connectivity index (χ0v) is 23.2. The molecule has 3 saturated heterocycles. The average Bonchev–Trinajstić information content (AvgIpc) is 3.45. The fourth-order valence-corrected chi connectivity index (χ4v) is 5.95. The summed E-state index contributed by atoms with van der Waals surface area (Å²) >= 11 is 0. The Kier molecular flexibility index (Phi) is 10.0. The van der Waals surface area contributed by atoms with Crippen LogP contribution < -0.4 is 16.0 Å². The lowest BCUT2D eigenvalue weighted by molar-refractivity contribution is -0.127. The number of carbonyl (C=O) groups excluding carboxylic acids is 5. The van der Waals surface area contributed by atoms with E-state index in [1.165, 1.54) is 0 Å². The minimum Gasteiger partial charge on any atom is -0.446 e.